The summed E-state index contributed by atoms with van der Waals surface area (Å²) in [6.07, 6.45) is -3.83. The van der Waals surface area contributed by atoms with Gasteiger partial charge in [0.25, 0.3) is 0 Å². The smallest absolute Gasteiger partial charge is 0.417 e. The van der Waals surface area contributed by atoms with Crippen LogP contribution >= 0.6 is 0 Å². The average Bonchev–Trinajstić information content (AvgIpc) is 2.60. The quantitative estimate of drug-likeness (QED) is 0.452. The molecule has 1 atom stereocenters. The van der Waals surface area contributed by atoms with E-state index in [0.29, 0.717) is 12.5 Å². The van der Waals surface area contributed by atoms with Crippen LogP contribution in [-0.4, -0.2) is 24.5 Å². The van der Waals surface area contributed by atoms with Crippen molar-refractivity contribution in [2.24, 2.45) is 0 Å². The Kier molecular flexibility index (Phi) is 6.81. The highest BCUT2D eigenvalue weighted by molar-refractivity contribution is 5.55. The summed E-state index contributed by atoms with van der Waals surface area (Å²) in [5.74, 6) is -2.29. The van der Waals surface area contributed by atoms with Crippen LogP contribution in [0, 0.1) is 0 Å². The van der Waals surface area contributed by atoms with E-state index in [0.717, 1.165) is 24.3 Å². The van der Waals surface area contributed by atoms with Crippen LogP contribution in [0.15, 0.2) is 36.5 Å². The first kappa shape index (κ1) is 21.5. The van der Waals surface area contributed by atoms with Crippen LogP contribution in [0.2, 0.25) is 0 Å². The van der Waals surface area contributed by atoms with Gasteiger partial charge in [-0.3, -0.25) is 4.98 Å². The fourth-order valence-corrected chi connectivity index (χ4v) is 2.43. The maximum absolute atomic E-state index is 12.7. The second-order valence-electron chi connectivity index (χ2n) is 5.39. The number of alkyl halides is 7. The number of nitrogens with zero attached hydrogens (tertiary/aromatic N) is 1. The van der Waals surface area contributed by atoms with E-state index < -0.39 is 42.4 Å². The maximum Gasteiger partial charge on any atom is 0.417 e. The molecule has 0 bridgehead atoms. The van der Waals surface area contributed by atoms with E-state index in [1.54, 1.807) is 0 Å². The van der Waals surface area contributed by atoms with Gasteiger partial charge in [0.1, 0.15) is 6.29 Å². The van der Waals surface area contributed by atoms with E-state index in [9.17, 15) is 35.5 Å². The predicted octanol–water partition coefficient (Wildman–Crippen LogP) is 5.02. The second kappa shape index (κ2) is 8.89. The van der Waals surface area contributed by atoms with Gasteiger partial charge in [-0.25, -0.2) is 0 Å². The van der Waals surface area contributed by atoms with Crippen LogP contribution in [0.5, 0.6) is 11.5 Å². The summed E-state index contributed by atoms with van der Waals surface area (Å²) in [6, 6.07) is 4.86. The van der Waals surface area contributed by atoms with Crippen molar-refractivity contribution in [2.75, 3.05) is 0 Å². The number of aldehydes is 1. The number of carbonyl (C=O) groups excluding carboxylic acids is 1. The number of benzene rings is 1. The molecule has 11 heteroatoms. The van der Waals surface area contributed by atoms with Gasteiger partial charge in [-0.05, 0) is 29.8 Å². The largest absolute Gasteiger partial charge is 0.431 e. The Morgan fingerprint density at radius 3 is 2.11 bits per heavy atom. The van der Waals surface area contributed by atoms with E-state index >= 15 is 0 Å². The van der Waals surface area contributed by atoms with Crippen LogP contribution in [0.3, 0.4) is 0 Å². The fraction of sp³-hybridized carbons (Fsp3) is 0.294. The minimum atomic E-state index is -4.61. The first-order valence-electron chi connectivity index (χ1n) is 7.62. The van der Waals surface area contributed by atoms with Gasteiger partial charge in [-0.2, -0.15) is 30.7 Å². The van der Waals surface area contributed by atoms with Crippen LogP contribution < -0.4 is 9.47 Å². The molecule has 0 aliphatic rings. The van der Waals surface area contributed by atoms with E-state index in [4.69, 9.17) is 0 Å². The van der Waals surface area contributed by atoms with Crippen molar-refractivity contribution in [2.45, 2.75) is 31.7 Å². The first-order chi connectivity index (χ1) is 13.1. The lowest BCUT2D eigenvalue weighted by atomic mass is 9.92. The minimum Gasteiger partial charge on any atom is -0.431 e. The van der Waals surface area contributed by atoms with Gasteiger partial charge in [0.2, 0.25) is 0 Å². The molecule has 0 aliphatic heterocycles. The lowest BCUT2D eigenvalue weighted by Crippen LogP contribution is -2.11. The van der Waals surface area contributed by atoms with Crippen LogP contribution in [-0.2, 0) is 11.0 Å². The van der Waals surface area contributed by atoms with E-state index in [-0.39, 0.29) is 17.7 Å². The molecule has 1 unspecified atom stereocenters. The molecule has 0 fully saturated rings. The Bertz CT molecular complexity index is 794. The summed E-state index contributed by atoms with van der Waals surface area (Å²) in [4.78, 5) is 14.7. The number of ether oxygens (including phenoxy) is 2. The molecule has 2 rings (SSSR count). The van der Waals surface area contributed by atoms with Crippen molar-refractivity contribution in [3.05, 3.63) is 53.3 Å². The Hall–Kier alpha value is -2.85. The lowest BCUT2D eigenvalue weighted by Gasteiger charge is -2.18. The highest BCUT2D eigenvalue weighted by Crippen LogP contribution is 2.36. The van der Waals surface area contributed by atoms with Crippen LogP contribution in [0.25, 0.3) is 0 Å². The molecule has 4 nitrogen and oxygen atoms in total. The van der Waals surface area contributed by atoms with Crippen molar-refractivity contribution in [1.82, 2.24) is 4.98 Å². The number of aromatic nitrogens is 1. The molecule has 0 saturated carbocycles. The van der Waals surface area contributed by atoms with Crippen LogP contribution in [0.4, 0.5) is 30.7 Å². The third-order valence-electron chi connectivity index (χ3n) is 3.60. The summed E-state index contributed by atoms with van der Waals surface area (Å²) >= 11 is 0. The molecule has 0 N–H and O–H groups in total. The third kappa shape index (κ3) is 5.57. The molecule has 0 aliphatic carbocycles. The topological polar surface area (TPSA) is 48.4 Å². The van der Waals surface area contributed by atoms with Gasteiger partial charge in [0.15, 0.2) is 11.5 Å². The van der Waals surface area contributed by atoms with Crippen molar-refractivity contribution in [1.29, 1.82) is 0 Å². The predicted molar refractivity (Wildman–Crippen MR) is 81.5 cm³/mol. The number of hydrogen-bond acceptors (Lipinski definition) is 4. The molecule has 1 aromatic heterocycles. The Morgan fingerprint density at radius 1 is 0.964 bits per heavy atom. The SMILES string of the molecule is O=CCC(c1ccc(OC(F)F)c(OC(F)F)c1)c1ccc(C(F)(F)F)cn1. The molecule has 0 amide bonds. The third-order valence-corrected chi connectivity index (χ3v) is 3.60. The van der Waals surface area contributed by atoms with Gasteiger partial charge in [-0.15, -0.1) is 0 Å². The number of rotatable bonds is 8. The van der Waals surface area contributed by atoms with Gasteiger partial charge < -0.3 is 14.3 Å². The zero-order valence-electron chi connectivity index (χ0n) is 13.8. The van der Waals surface area contributed by atoms with Gasteiger partial charge >= 0.3 is 19.4 Å². The highest BCUT2D eigenvalue weighted by Gasteiger charge is 2.31. The van der Waals surface area contributed by atoms with Gasteiger partial charge in [0, 0.05) is 24.2 Å². The molecule has 0 radical (unpaired) electrons. The van der Waals surface area contributed by atoms with E-state index in [2.05, 4.69) is 14.5 Å². The Labute approximate surface area is 153 Å². The summed E-state index contributed by atoms with van der Waals surface area (Å²) in [6.45, 7) is -6.64. The number of hydrogen-bond donors (Lipinski definition) is 0. The second-order valence-corrected chi connectivity index (χ2v) is 5.39. The summed E-state index contributed by atoms with van der Waals surface area (Å²) in [7, 11) is 0. The average molecular weight is 411 g/mol. The molecule has 0 spiro atoms. The molecule has 152 valence electrons. The zero-order valence-corrected chi connectivity index (χ0v) is 13.8. The Morgan fingerprint density at radius 2 is 1.61 bits per heavy atom. The van der Waals surface area contributed by atoms with E-state index in [1.807, 2.05) is 0 Å². The van der Waals surface area contributed by atoms with Crippen LogP contribution in [0.1, 0.15) is 29.2 Å². The number of halogens is 7. The summed E-state index contributed by atoms with van der Waals surface area (Å²) in [5, 5.41) is 0. The van der Waals surface area contributed by atoms with Gasteiger partial charge in [-0.1, -0.05) is 6.07 Å². The maximum atomic E-state index is 12.7. The molecule has 1 aromatic carbocycles. The fourth-order valence-electron chi connectivity index (χ4n) is 2.43. The molecule has 0 saturated heterocycles. The standard InChI is InChI=1S/C17H12F7NO3/c18-15(19)27-13-4-1-9(7-14(13)28-16(20)21)11(5-6-26)12-3-2-10(8-25-12)17(22,23)24/h1-4,6-8,11,15-16H,5H2. The molecule has 1 heterocycles. The minimum absolute atomic E-state index is 0.0469. The Balaban J connectivity index is 2.43. The highest BCUT2D eigenvalue weighted by atomic mass is 19.4. The number of pyridine rings is 1. The molecular formula is C17H12F7NO3. The summed E-state index contributed by atoms with van der Waals surface area (Å²) in [5.41, 5.74) is -0.828. The molecule has 2 aromatic rings. The van der Waals surface area contributed by atoms with E-state index in [1.165, 1.54) is 6.07 Å². The first-order valence-corrected chi connectivity index (χ1v) is 7.62. The lowest BCUT2D eigenvalue weighted by molar-refractivity contribution is -0.137. The zero-order chi connectivity index (χ0) is 20.9. The van der Waals surface area contributed by atoms with Crippen molar-refractivity contribution >= 4 is 6.29 Å². The molecular weight excluding hydrogens is 399 g/mol. The van der Waals surface area contributed by atoms with Gasteiger partial charge in [0.05, 0.1) is 5.56 Å². The number of carbonyl (C=O) groups is 1. The summed E-state index contributed by atoms with van der Waals surface area (Å²) < 4.78 is 96.2. The monoisotopic (exact) mass is 411 g/mol. The normalized spacial score (nSPS) is 12.9. The van der Waals surface area contributed by atoms with Crippen molar-refractivity contribution in [3.63, 3.8) is 0 Å². The van der Waals surface area contributed by atoms with Crippen molar-refractivity contribution in [3.8, 4) is 11.5 Å². The molecule has 28 heavy (non-hydrogen) atoms. The van der Waals surface area contributed by atoms with Crippen molar-refractivity contribution < 1.29 is 45.0 Å².